The van der Waals surface area contributed by atoms with Gasteiger partial charge in [-0.05, 0) is 36.6 Å². The fourth-order valence-corrected chi connectivity index (χ4v) is 2.23. The molecular formula is C17H21NO3. The van der Waals surface area contributed by atoms with E-state index in [9.17, 15) is 4.79 Å². The van der Waals surface area contributed by atoms with Gasteiger partial charge in [0.25, 0.3) is 0 Å². The van der Waals surface area contributed by atoms with E-state index in [1.165, 1.54) is 18.2 Å². The number of ether oxygens (including phenoxy) is 1. The Balaban J connectivity index is 2.00. The van der Waals surface area contributed by atoms with Crippen LogP contribution < -0.4 is 5.32 Å². The molecule has 1 N–H and O–H groups in total. The Hall–Kier alpha value is -2.07. The van der Waals surface area contributed by atoms with Crippen molar-refractivity contribution in [2.24, 2.45) is 0 Å². The molecular weight excluding hydrogens is 266 g/mol. The van der Waals surface area contributed by atoms with Gasteiger partial charge in [0.2, 0.25) is 5.76 Å². The molecule has 4 nitrogen and oxygen atoms in total. The predicted molar refractivity (Wildman–Crippen MR) is 81.1 cm³/mol. The summed E-state index contributed by atoms with van der Waals surface area (Å²) >= 11 is 0. The standard InChI is InChI=1S/C17H21NO3/c1-4-13-7-5-6-8-14(13)11-18-12(2)15-9-10-16(21-15)17(19)20-3/h5-10,12,18H,4,11H2,1-3H3. The van der Waals surface area contributed by atoms with Gasteiger partial charge in [0.05, 0.1) is 13.2 Å². The van der Waals surface area contributed by atoms with Gasteiger partial charge in [0.1, 0.15) is 5.76 Å². The van der Waals surface area contributed by atoms with Crippen molar-refractivity contribution in [3.63, 3.8) is 0 Å². The van der Waals surface area contributed by atoms with Crippen LogP contribution in [-0.2, 0) is 17.7 Å². The maximum Gasteiger partial charge on any atom is 0.373 e. The van der Waals surface area contributed by atoms with Gasteiger partial charge < -0.3 is 14.5 Å². The highest BCUT2D eigenvalue weighted by molar-refractivity contribution is 5.86. The van der Waals surface area contributed by atoms with Gasteiger partial charge in [-0.25, -0.2) is 4.79 Å². The van der Waals surface area contributed by atoms with Crippen LogP contribution in [0.2, 0.25) is 0 Å². The van der Waals surface area contributed by atoms with Gasteiger partial charge in [-0.1, -0.05) is 31.2 Å². The molecule has 0 saturated heterocycles. The van der Waals surface area contributed by atoms with E-state index in [0.29, 0.717) is 0 Å². The Bertz CT molecular complexity index is 604. The molecule has 0 aliphatic heterocycles. The lowest BCUT2D eigenvalue weighted by Gasteiger charge is -2.13. The second kappa shape index (κ2) is 7.09. The van der Waals surface area contributed by atoms with Gasteiger partial charge in [0, 0.05) is 6.54 Å². The van der Waals surface area contributed by atoms with Gasteiger partial charge in [0.15, 0.2) is 0 Å². The zero-order valence-electron chi connectivity index (χ0n) is 12.7. The Labute approximate surface area is 125 Å². The molecule has 0 aliphatic carbocycles. The van der Waals surface area contributed by atoms with Crippen molar-refractivity contribution < 1.29 is 13.9 Å². The number of nitrogens with one attached hydrogen (secondary N) is 1. The summed E-state index contributed by atoms with van der Waals surface area (Å²) in [4.78, 5) is 11.4. The van der Waals surface area contributed by atoms with Crippen LogP contribution in [0.15, 0.2) is 40.8 Å². The second-order valence-electron chi connectivity index (χ2n) is 4.92. The number of rotatable bonds is 6. The van der Waals surface area contributed by atoms with Crippen molar-refractivity contribution in [3.05, 3.63) is 59.0 Å². The van der Waals surface area contributed by atoms with Crippen LogP contribution in [0.1, 0.15) is 47.3 Å². The number of benzene rings is 1. The first-order valence-corrected chi connectivity index (χ1v) is 7.14. The van der Waals surface area contributed by atoms with Crippen LogP contribution >= 0.6 is 0 Å². The molecule has 2 rings (SSSR count). The Morgan fingerprint density at radius 1 is 1.24 bits per heavy atom. The Kier molecular flexibility index (Phi) is 5.17. The molecule has 0 spiro atoms. The summed E-state index contributed by atoms with van der Waals surface area (Å²) in [7, 11) is 1.34. The first-order valence-electron chi connectivity index (χ1n) is 7.14. The van der Waals surface area contributed by atoms with E-state index in [1.54, 1.807) is 12.1 Å². The van der Waals surface area contributed by atoms with Crippen LogP contribution in [0.5, 0.6) is 0 Å². The summed E-state index contributed by atoms with van der Waals surface area (Å²) in [6, 6.07) is 11.8. The van der Waals surface area contributed by atoms with Gasteiger partial charge in [-0.15, -0.1) is 0 Å². The first kappa shape index (κ1) is 15.3. The number of carbonyl (C=O) groups is 1. The molecule has 1 aromatic heterocycles. The molecule has 2 aromatic rings. The summed E-state index contributed by atoms with van der Waals surface area (Å²) in [6.45, 7) is 4.92. The quantitative estimate of drug-likeness (QED) is 0.826. The molecule has 1 atom stereocenters. The van der Waals surface area contributed by atoms with Crippen LogP contribution in [0.4, 0.5) is 0 Å². The fraction of sp³-hybridized carbons (Fsp3) is 0.353. The molecule has 0 amide bonds. The molecule has 112 valence electrons. The van der Waals surface area contributed by atoms with Crippen LogP contribution in [-0.4, -0.2) is 13.1 Å². The van der Waals surface area contributed by atoms with Gasteiger partial charge in [-0.2, -0.15) is 0 Å². The molecule has 0 saturated carbocycles. The molecule has 1 unspecified atom stereocenters. The number of furan rings is 1. The highest BCUT2D eigenvalue weighted by Gasteiger charge is 2.15. The van der Waals surface area contributed by atoms with E-state index in [0.717, 1.165) is 18.7 Å². The third-order valence-corrected chi connectivity index (χ3v) is 3.54. The topological polar surface area (TPSA) is 51.5 Å². The molecule has 0 radical (unpaired) electrons. The highest BCUT2D eigenvalue weighted by Crippen LogP contribution is 2.18. The highest BCUT2D eigenvalue weighted by atomic mass is 16.5. The third-order valence-electron chi connectivity index (χ3n) is 3.54. The summed E-state index contributed by atoms with van der Waals surface area (Å²) < 4.78 is 10.1. The lowest BCUT2D eigenvalue weighted by atomic mass is 10.1. The normalized spacial score (nSPS) is 12.1. The molecule has 1 aromatic carbocycles. The van der Waals surface area contributed by atoms with Crippen LogP contribution in [0.25, 0.3) is 0 Å². The fourth-order valence-electron chi connectivity index (χ4n) is 2.23. The van der Waals surface area contributed by atoms with Crippen molar-refractivity contribution in [2.75, 3.05) is 7.11 Å². The monoisotopic (exact) mass is 287 g/mol. The number of methoxy groups -OCH3 is 1. The number of esters is 1. The summed E-state index contributed by atoms with van der Waals surface area (Å²) in [5, 5.41) is 3.41. The lowest BCUT2D eigenvalue weighted by Crippen LogP contribution is -2.18. The molecule has 0 bridgehead atoms. The van der Waals surface area contributed by atoms with Gasteiger partial charge >= 0.3 is 5.97 Å². The molecule has 0 fully saturated rings. The average Bonchev–Trinajstić information content (AvgIpc) is 3.02. The average molecular weight is 287 g/mol. The minimum Gasteiger partial charge on any atom is -0.463 e. The maximum absolute atomic E-state index is 11.4. The Morgan fingerprint density at radius 2 is 1.95 bits per heavy atom. The van der Waals surface area contributed by atoms with Crippen molar-refractivity contribution in [1.29, 1.82) is 0 Å². The smallest absolute Gasteiger partial charge is 0.373 e. The van der Waals surface area contributed by atoms with E-state index >= 15 is 0 Å². The van der Waals surface area contributed by atoms with Crippen molar-refractivity contribution in [1.82, 2.24) is 5.32 Å². The summed E-state index contributed by atoms with van der Waals surface area (Å²) in [6.07, 6.45) is 1.01. The molecule has 21 heavy (non-hydrogen) atoms. The number of hydrogen-bond acceptors (Lipinski definition) is 4. The van der Waals surface area contributed by atoms with E-state index in [-0.39, 0.29) is 11.8 Å². The minimum absolute atomic E-state index is 0.0216. The third kappa shape index (κ3) is 3.73. The van der Waals surface area contributed by atoms with E-state index in [4.69, 9.17) is 4.42 Å². The van der Waals surface area contributed by atoms with Crippen molar-refractivity contribution in [2.45, 2.75) is 32.9 Å². The Morgan fingerprint density at radius 3 is 2.62 bits per heavy atom. The largest absolute Gasteiger partial charge is 0.463 e. The first-order chi connectivity index (χ1) is 10.2. The van der Waals surface area contributed by atoms with E-state index in [2.05, 4.69) is 35.2 Å². The maximum atomic E-state index is 11.4. The number of carbonyl (C=O) groups excluding carboxylic acids is 1. The van der Waals surface area contributed by atoms with E-state index in [1.807, 2.05) is 13.0 Å². The molecule has 1 heterocycles. The second-order valence-corrected chi connectivity index (χ2v) is 4.92. The molecule has 0 aliphatic rings. The summed E-state index contributed by atoms with van der Waals surface area (Å²) in [5.41, 5.74) is 2.62. The van der Waals surface area contributed by atoms with Crippen LogP contribution in [0.3, 0.4) is 0 Å². The SMILES string of the molecule is CCc1ccccc1CNC(C)c1ccc(C(=O)OC)o1. The number of aryl methyl sites for hydroxylation is 1. The zero-order chi connectivity index (χ0) is 15.2. The minimum atomic E-state index is -0.454. The van der Waals surface area contributed by atoms with Crippen molar-refractivity contribution >= 4 is 5.97 Å². The predicted octanol–water partition coefficient (Wildman–Crippen LogP) is 3.48. The van der Waals surface area contributed by atoms with Gasteiger partial charge in [-0.3, -0.25) is 0 Å². The van der Waals surface area contributed by atoms with Crippen molar-refractivity contribution in [3.8, 4) is 0 Å². The van der Waals surface area contributed by atoms with E-state index < -0.39 is 5.97 Å². The van der Waals surface area contributed by atoms with Crippen LogP contribution in [0, 0.1) is 0 Å². The zero-order valence-corrected chi connectivity index (χ0v) is 12.7. The number of hydrogen-bond donors (Lipinski definition) is 1. The summed E-state index contributed by atoms with van der Waals surface area (Å²) in [5.74, 6) is 0.504. The lowest BCUT2D eigenvalue weighted by molar-refractivity contribution is 0.0562. The molecule has 4 heteroatoms.